The number of quaternary nitrogens is 1. The third kappa shape index (κ3) is 14.9. The summed E-state index contributed by atoms with van der Waals surface area (Å²) in [6, 6.07) is 7.60. The molecule has 4 heteroatoms. The van der Waals surface area contributed by atoms with Gasteiger partial charge in [-0.2, -0.15) is 0 Å². The first-order valence-corrected chi connectivity index (χ1v) is 19.2. The van der Waals surface area contributed by atoms with Gasteiger partial charge in [-0.15, -0.1) is 0 Å². The fourth-order valence-corrected chi connectivity index (χ4v) is 7.35. The van der Waals surface area contributed by atoms with Crippen molar-refractivity contribution >= 4 is 11.6 Å². The second kappa shape index (κ2) is 21.1. The molecule has 0 bridgehead atoms. The molecule has 0 aromatic heterocycles. The summed E-state index contributed by atoms with van der Waals surface area (Å²) in [6.07, 6.45) is 24.3. The van der Waals surface area contributed by atoms with E-state index in [0.717, 1.165) is 29.6 Å². The SMILES string of the molecule is CCCCCCCCCCCCCCCC[N+](C)(C)CCOc1ccc(C(=O)C(C)C(C)CC(=O)C2C(C)=CCCC2(C)C)cc1. The molecule has 2 rings (SSSR count). The zero-order valence-electron chi connectivity index (χ0n) is 31.4. The Morgan fingerprint density at radius 2 is 1.35 bits per heavy atom. The van der Waals surface area contributed by atoms with Crippen LogP contribution in [0.1, 0.15) is 161 Å². The van der Waals surface area contributed by atoms with Gasteiger partial charge in [0.25, 0.3) is 0 Å². The molecule has 1 aromatic carbocycles. The lowest BCUT2D eigenvalue weighted by molar-refractivity contribution is -0.890. The number of benzene rings is 1. The van der Waals surface area contributed by atoms with E-state index in [1.807, 2.05) is 38.1 Å². The molecule has 1 aliphatic rings. The first-order valence-electron chi connectivity index (χ1n) is 19.2. The molecule has 0 N–H and O–H groups in total. The number of likely N-dealkylation sites (N-methyl/N-ethyl adjacent to an activating group) is 1. The van der Waals surface area contributed by atoms with Gasteiger partial charge in [0.2, 0.25) is 0 Å². The standard InChI is InChI=1S/C42H72NO3/c1-9-10-11-12-13-14-15-16-17-18-19-20-21-22-30-43(7,8)31-32-46-38-27-25-37(26-28-38)41(45)36(4)35(3)33-39(44)40-34(2)24-23-29-42(40,5)6/h24-28,35-36,40H,9-23,29-33H2,1-8H3/q+1. The Balaban J connectivity index is 1.61. The first-order chi connectivity index (χ1) is 21.9. The molecule has 0 spiro atoms. The maximum atomic E-state index is 13.3. The molecular formula is C42H72NO3+. The molecule has 1 aliphatic carbocycles. The number of carbonyl (C=O) groups is 2. The minimum atomic E-state index is -0.209. The lowest BCUT2D eigenvalue weighted by atomic mass is 9.65. The topological polar surface area (TPSA) is 43.4 Å². The van der Waals surface area contributed by atoms with Crippen molar-refractivity contribution in [2.24, 2.45) is 23.2 Å². The summed E-state index contributed by atoms with van der Waals surface area (Å²) >= 11 is 0. The van der Waals surface area contributed by atoms with Gasteiger partial charge in [-0.05, 0) is 68.2 Å². The maximum absolute atomic E-state index is 13.3. The van der Waals surface area contributed by atoms with E-state index in [1.54, 1.807) is 0 Å². The second-order valence-electron chi connectivity index (χ2n) is 16.1. The van der Waals surface area contributed by atoms with Crippen LogP contribution in [0.4, 0.5) is 0 Å². The van der Waals surface area contributed by atoms with Crippen LogP contribution in [0.15, 0.2) is 35.9 Å². The molecular weight excluding hydrogens is 566 g/mol. The number of ether oxygens (including phenoxy) is 1. The number of Topliss-reactive ketones (excluding diaryl/α,β-unsaturated/α-hetero) is 2. The highest BCUT2D eigenvalue weighted by atomic mass is 16.5. The normalized spacial score (nSPS) is 17.7. The molecule has 262 valence electrons. The monoisotopic (exact) mass is 639 g/mol. The van der Waals surface area contributed by atoms with E-state index in [1.165, 1.54) is 102 Å². The third-order valence-corrected chi connectivity index (χ3v) is 10.8. The van der Waals surface area contributed by atoms with Crippen molar-refractivity contribution in [2.45, 2.75) is 151 Å². The van der Waals surface area contributed by atoms with Crippen LogP contribution in [0, 0.1) is 23.2 Å². The van der Waals surface area contributed by atoms with Crippen LogP contribution in [0.25, 0.3) is 0 Å². The second-order valence-corrected chi connectivity index (χ2v) is 16.1. The highest BCUT2D eigenvalue weighted by Crippen LogP contribution is 2.42. The van der Waals surface area contributed by atoms with E-state index >= 15 is 0 Å². The van der Waals surface area contributed by atoms with E-state index in [2.05, 4.69) is 47.9 Å². The number of ketones is 2. The van der Waals surface area contributed by atoms with E-state index < -0.39 is 0 Å². The van der Waals surface area contributed by atoms with Crippen LogP contribution < -0.4 is 4.74 Å². The predicted molar refractivity (Wildman–Crippen MR) is 197 cm³/mol. The molecule has 4 nitrogen and oxygen atoms in total. The summed E-state index contributed by atoms with van der Waals surface area (Å²) < 4.78 is 7.05. The van der Waals surface area contributed by atoms with Crippen LogP contribution in [-0.2, 0) is 4.79 Å². The van der Waals surface area contributed by atoms with Crippen LogP contribution in [-0.4, -0.2) is 49.8 Å². The number of carbonyl (C=O) groups excluding carboxylic acids is 2. The van der Waals surface area contributed by atoms with Gasteiger partial charge >= 0.3 is 0 Å². The molecule has 0 heterocycles. The van der Waals surface area contributed by atoms with Crippen molar-refractivity contribution in [3.63, 3.8) is 0 Å². The zero-order chi connectivity index (χ0) is 34.0. The molecule has 3 unspecified atom stereocenters. The van der Waals surface area contributed by atoms with Gasteiger partial charge in [0.1, 0.15) is 24.7 Å². The molecule has 0 radical (unpaired) electrons. The van der Waals surface area contributed by atoms with Crippen molar-refractivity contribution in [1.29, 1.82) is 0 Å². The van der Waals surface area contributed by atoms with E-state index in [0.29, 0.717) is 18.6 Å². The Bertz CT molecular complexity index is 1040. The van der Waals surface area contributed by atoms with Gasteiger partial charge in [-0.3, -0.25) is 9.59 Å². The number of hydrogen-bond donors (Lipinski definition) is 0. The Labute approximate surface area is 284 Å². The van der Waals surface area contributed by atoms with E-state index in [9.17, 15) is 9.59 Å². The molecule has 0 saturated heterocycles. The lowest BCUT2D eigenvalue weighted by Gasteiger charge is -2.38. The van der Waals surface area contributed by atoms with Crippen molar-refractivity contribution in [2.75, 3.05) is 33.8 Å². The van der Waals surface area contributed by atoms with Crippen LogP contribution in [0.3, 0.4) is 0 Å². The van der Waals surface area contributed by atoms with Crippen molar-refractivity contribution in [3.8, 4) is 5.75 Å². The molecule has 0 amide bonds. The van der Waals surface area contributed by atoms with Crippen LogP contribution in [0.5, 0.6) is 5.75 Å². The van der Waals surface area contributed by atoms with Crippen molar-refractivity contribution in [3.05, 3.63) is 41.5 Å². The summed E-state index contributed by atoms with van der Waals surface area (Å²) in [4.78, 5) is 26.6. The van der Waals surface area contributed by atoms with Gasteiger partial charge in [0, 0.05) is 23.8 Å². The number of unbranched alkanes of at least 4 members (excludes halogenated alkanes) is 13. The smallest absolute Gasteiger partial charge is 0.165 e. The Morgan fingerprint density at radius 1 is 0.826 bits per heavy atom. The van der Waals surface area contributed by atoms with Crippen molar-refractivity contribution in [1.82, 2.24) is 0 Å². The summed E-state index contributed by atoms with van der Waals surface area (Å²) in [5.41, 5.74) is 1.88. The summed E-state index contributed by atoms with van der Waals surface area (Å²) in [7, 11) is 4.60. The van der Waals surface area contributed by atoms with Crippen LogP contribution in [0.2, 0.25) is 0 Å². The number of hydrogen-bond acceptors (Lipinski definition) is 3. The molecule has 0 aliphatic heterocycles. The highest BCUT2D eigenvalue weighted by Gasteiger charge is 2.38. The highest BCUT2D eigenvalue weighted by molar-refractivity contribution is 5.98. The Kier molecular flexibility index (Phi) is 18.5. The molecule has 1 aromatic rings. The van der Waals surface area contributed by atoms with Crippen molar-refractivity contribution < 1.29 is 18.8 Å². The predicted octanol–water partition coefficient (Wildman–Crippen LogP) is 11.4. The van der Waals surface area contributed by atoms with Gasteiger partial charge in [-0.1, -0.05) is 123 Å². The third-order valence-electron chi connectivity index (χ3n) is 10.8. The molecule has 46 heavy (non-hydrogen) atoms. The lowest BCUT2D eigenvalue weighted by Crippen LogP contribution is -2.43. The fraction of sp³-hybridized carbons (Fsp3) is 0.762. The number of nitrogens with zero attached hydrogens (tertiary/aromatic N) is 1. The quantitative estimate of drug-likeness (QED) is 0.0463. The van der Waals surface area contributed by atoms with Gasteiger partial charge < -0.3 is 9.22 Å². The largest absolute Gasteiger partial charge is 0.488 e. The molecule has 0 fully saturated rings. The van der Waals surface area contributed by atoms with Gasteiger partial charge in [0.05, 0.1) is 20.6 Å². The summed E-state index contributed by atoms with van der Waals surface area (Å²) in [5.74, 6) is 0.949. The summed E-state index contributed by atoms with van der Waals surface area (Å²) in [6.45, 7) is 15.6. The van der Waals surface area contributed by atoms with E-state index in [-0.39, 0.29) is 34.7 Å². The Morgan fingerprint density at radius 3 is 1.87 bits per heavy atom. The molecule has 3 atom stereocenters. The minimum absolute atomic E-state index is 0.00108. The van der Waals surface area contributed by atoms with Crippen LogP contribution >= 0.6 is 0 Å². The van der Waals surface area contributed by atoms with Gasteiger partial charge in [0.15, 0.2) is 5.78 Å². The number of rotatable bonds is 25. The fourth-order valence-electron chi connectivity index (χ4n) is 7.35. The number of allylic oxidation sites excluding steroid dienone is 2. The maximum Gasteiger partial charge on any atom is 0.165 e. The van der Waals surface area contributed by atoms with E-state index in [4.69, 9.17) is 4.74 Å². The summed E-state index contributed by atoms with van der Waals surface area (Å²) in [5, 5.41) is 0. The first kappa shape index (κ1) is 40.2. The Hall–Kier alpha value is -1.94. The van der Waals surface area contributed by atoms with Gasteiger partial charge in [-0.25, -0.2) is 0 Å². The average Bonchev–Trinajstić information content (AvgIpc) is 3.00. The molecule has 0 saturated carbocycles. The average molecular weight is 639 g/mol. The minimum Gasteiger partial charge on any atom is -0.488 e. The zero-order valence-corrected chi connectivity index (χ0v) is 31.4.